The normalized spacial score (nSPS) is 10.5. The second-order valence-electron chi connectivity index (χ2n) is 7.24. The van der Waals surface area contributed by atoms with Gasteiger partial charge in [0, 0.05) is 31.4 Å². The molecule has 3 amide bonds. The Morgan fingerprint density at radius 2 is 1.88 bits per heavy atom. The van der Waals surface area contributed by atoms with E-state index in [9.17, 15) is 14.4 Å². The summed E-state index contributed by atoms with van der Waals surface area (Å²) in [5.74, 6) is -0.595. The zero-order valence-electron chi connectivity index (χ0n) is 18.2. The second kappa shape index (κ2) is 10.6. The molecule has 0 spiro atoms. The Hall–Kier alpha value is -3.91. The van der Waals surface area contributed by atoms with Crippen molar-refractivity contribution < 1.29 is 14.4 Å². The van der Waals surface area contributed by atoms with Crippen LogP contribution < -0.4 is 10.6 Å². The van der Waals surface area contributed by atoms with Crippen LogP contribution in [0.2, 0.25) is 5.02 Å². The Bertz CT molecular complexity index is 1230. The summed E-state index contributed by atoms with van der Waals surface area (Å²) in [4.78, 5) is 42.3. The lowest BCUT2D eigenvalue weighted by Gasteiger charge is -2.16. The molecule has 0 radical (unpaired) electrons. The molecule has 0 saturated heterocycles. The van der Waals surface area contributed by atoms with Crippen LogP contribution in [0.5, 0.6) is 0 Å². The molecule has 33 heavy (non-hydrogen) atoms. The fraction of sp³-hybridized carbons (Fsp3) is 0.167. The molecule has 0 aliphatic carbocycles. The van der Waals surface area contributed by atoms with Gasteiger partial charge in [-0.05, 0) is 48.9 Å². The molecular weight excluding hydrogens is 442 g/mol. The molecule has 1 aromatic heterocycles. The summed E-state index contributed by atoms with van der Waals surface area (Å²) in [7, 11) is 1.70. The Balaban J connectivity index is 1.85. The summed E-state index contributed by atoms with van der Waals surface area (Å²) in [5, 5.41) is 5.97. The van der Waals surface area contributed by atoms with E-state index in [1.54, 1.807) is 48.3 Å². The van der Waals surface area contributed by atoms with Crippen LogP contribution in [0.1, 0.15) is 16.8 Å². The number of anilines is 2. The number of carbonyl (C=O) groups excluding carboxylic acids is 3. The summed E-state index contributed by atoms with van der Waals surface area (Å²) in [6.07, 6.45) is 3.03. The molecule has 0 bridgehead atoms. The van der Waals surface area contributed by atoms with Gasteiger partial charge in [0.25, 0.3) is 5.91 Å². The van der Waals surface area contributed by atoms with Gasteiger partial charge >= 0.3 is 0 Å². The highest BCUT2D eigenvalue weighted by Crippen LogP contribution is 2.27. The molecule has 3 rings (SSSR count). The quantitative estimate of drug-likeness (QED) is 0.465. The van der Waals surface area contributed by atoms with Gasteiger partial charge in [0.15, 0.2) is 0 Å². The highest BCUT2D eigenvalue weighted by molar-refractivity contribution is 6.35. The van der Waals surface area contributed by atoms with Crippen molar-refractivity contribution in [2.24, 2.45) is 0 Å². The molecule has 3 aromatic rings. The van der Waals surface area contributed by atoms with Crippen LogP contribution in [0.15, 0.2) is 67.8 Å². The van der Waals surface area contributed by atoms with Gasteiger partial charge < -0.3 is 14.8 Å². The molecule has 0 fully saturated rings. The largest absolute Gasteiger partial charge is 0.342 e. The van der Waals surface area contributed by atoms with Gasteiger partial charge in [0.1, 0.15) is 0 Å². The van der Waals surface area contributed by atoms with E-state index in [1.165, 1.54) is 6.08 Å². The minimum absolute atomic E-state index is 0.166. The summed E-state index contributed by atoms with van der Waals surface area (Å²) in [6, 6.07) is 11.9. The number of benzene rings is 2. The van der Waals surface area contributed by atoms with Gasteiger partial charge in [-0.3, -0.25) is 19.7 Å². The number of amides is 3. The van der Waals surface area contributed by atoms with Crippen molar-refractivity contribution >= 4 is 52.0 Å². The number of hydrogen-bond donors (Lipinski definition) is 2. The first kappa shape index (κ1) is 23.7. The Labute approximate surface area is 196 Å². The van der Waals surface area contributed by atoms with E-state index in [4.69, 9.17) is 11.6 Å². The number of carbonyl (C=O) groups is 3. The van der Waals surface area contributed by atoms with Crippen molar-refractivity contribution in [2.45, 2.75) is 13.0 Å². The van der Waals surface area contributed by atoms with Crippen LogP contribution in [0, 0.1) is 0 Å². The lowest BCUT2D eigenvalue weighted by Crippen LogP contribution is -2.26. The van der Waals surface area contributed by atoms with Crippen molar-refractivity contribution in [3.05, 3.63) is 78.4 Å². The van der Waals surface area contributed by atoms with E-state index in [-0.39, 0.29) is 11.8 Å². The van der Waals surface area contributed by atoms with E-state index in [0.717, 1.165) is 6.08 Å². The van der Waals surface area contributed by atoms with Crippen molar-refractivity contribution in [1.29, 1.82) is 0 Å². The monoisotopic (exact) mass is 465 g/mol. The summed E-state index contributed by atoms with van der Waals surface area (Å²) < 4.78 is 1.82. The number of nitrogens with one attached hydrogen (secondary N) is 2. The van der Waals surface area contributed by atoms with Crippen molar-refractivity contribution in [2.75, 3.05) is 24.2 Å². The smallest absolute Gasteiger partial charge is 0.258 e. The Morgan fingerprint density at radius 1 is 1.12 bits per heavy atom. The number of hydrogen-bond acceptors (Lipinski definition) is 4. The summed E-state index contributed by atoms with van der Waals surface area (Å²) in [5.41, 5.74) is 2.15. The number of rotatable bonds is 9. The van der Waals surface area contributed by atoms with E-state index in [1.807, 2.05) is 10.6 Å². The van der Waals surface area contributed by atoms with Crippen molar-refractivity contribution in [1.82, 2.24) is 14.5 Å². The average Bonchev–Trinajstić information content (AvgIpc) is 3.16. The molecule has 0 saturated carbocycles. The molecule has 0 aliphatic rings. The third-order valence-corrected chi connectivity index (χ3v) is 5.25. The maximum Gasteiger partial charge on any atom is 0.258 e. The fourth-order valence-electron chi connectivity index (χ4n) is 3.29. The van der Waals surface area contributed by atoms with Crippen LogP contribution in [0.4, 0.5) is 11.6 Å². The topological polar surface area (TPSA) is 96.3 Å². The third-order valence-electron chi connectivity index (χ3n) is 4.95. The second-order valence-corrected chi connectivity index (χ2v) is 7.65. The minimum Gasteiger partial charge on any atom is -0.342 e. The van der Waals surface area contributed by atoms with E-state index < -0.39 is 5.91 Å². The van der Waals surface area contributed by atoms with Gasteiger partial charge in [0.05, 0.1) is 16.1 Å². The number of likely N-dealkylation sites (N-methyl/N-ethyl adjacent to an activating group) is 1. The lowest BCUT2D eigenvalue weighted by molar-refractivity contribution is -0.124. The molecule has 0 atom stereocenters. The first-order valence-electron chi connectivity index (χ1n) is 10.2. The average molecular weight is 466 g/mol. The molecule has 8 nitrogen and oxygen atoms in total. The van der Waals surface area contributed by atoms with Crippen molar-refractivity contribution in [3.8, 4) is 0 Å². The Kier molecular flexibility index (Phi) is 7.63. The third kappa shape index (κ3) is 5.67. The first-order chi connectivity index (χ1) is 15.8. The predicted octanol–water partition coefficient (Wildman–Crippen LogP) is 4.10. The number of nitrogens with zero attached hydrogens (tertiary/aromatic N) is 3. The van der Waals surface area contributed by atoms with Crippen molar-refractivity contribution in [3.63, 3.8) is 0 Å². The number of halogens is 1. The molecule has 1 heterocycles. The number of para-hydroxylation sites is 1. The van der Waals surface area contributed by atoms with E-state index in [2.05, 4.69) is 28.8 Å². The molecule has 0 unspecified atom stereocenters. The van der Waals surface area contributed by atoms with Gasteiger partial charge in [-0.25, -0.2) is 4.98 Å². The molecule has 0 aliphatic heterocycles. The molecular formula is C24H24ClN5O3. The fourth-order valence-corrected chi connectivity index (χ4v) is 3.56. The van der Waals surface area contributed by atoms with E-state index in [0.29, 0.717) is 52.8 Å². The Morgan fingerprint density at radius 3 is 2.61 bits per heavy atom. The first-order valence-corrected chi connectivity index (χ1v) is 10.6. The van der Waals surface area contributed by atoms with E-state index >= 15 is 0 Å². The minimum atomic E-state index is -0.392. The highest BCUT2D eigenvalue weighted by Gasteiger charge is 2.17. The number of aryl methyl sites for hydroxylation is 1. The summed E-state index contributed by atoms with van der Waals surface area (Å²) >= 11 is 6.43. The van der Waals surface area contributed by atoms with Gasteiger partial charge in [-0.1, -0.05) is 36.9 Å². The maximum atomic E-state index is 13.0. The van der Waals surface area contributed by atoms with Crippen LogP contribution in [-0.4, -0.2) is 45.8 Å². The number of aromatic nitrogens is 2. The van der Waals surface area contributed by atoms with Crippen LogP contribution in [0.25, 0.3) is 11.0 Å². The maximum absolute atomic E-state index is 13.0. The summed E-state index contributed by atoms with van der Waals surface area (Å²) in [6.45, 7) is 7.88. The standard InChI is InChI=1S/C24H24ClN5O3/c1-4-20(31)26-17-10-6-9-16(15-17)23(33)28-24-27-19-12-7-11-18(25)22(19)30(24)14-8-13-29(3)21(32)5-2/h4-7,9-12,15H,1-2,8,13-14H2,3H3,(H,26,31)(H,27,28,33). The molecule has 2 N–H and O–H groups in total. The van der Waals surface area contributed by atoms with Gasteiger partial charge in [-0.15, -0.1) is 0 Å². The lowest BCUT2D eigenvalue weighted by atomic mass is 10.2. The molecule has 170 valence electrons. The molecule has 9 heteroatoms. The highest BCUT2D eigenvalue weighted by atomic mass is 35.5. The van der Waals surface area contributed by atoms with Crippen LogP contribution in [-0.2, 0) is 16.1 Å². The molecule has 2 aromatic carbocycles. The van der Waals surface area contributed by atoms with Gasteiger partial charge in [-0.2, -0.15) is 0 Å². The SMILES string of the molecule is C=CC(=O)Nc1cccc(C(=O)Nc2nc3cccc(Cl)c3n2CCCN(C)C(=O)C=C)c1. The van der Waals surface area contributed by atoms with Crippen LogP contribution in [0.3, 0.4) is 0 Å². The number of imidazole rings is 1. The predicted molar refractivity (Wildman–Crippen MR) is 130 cm³/mol. The van der Waals surface area contributed by atoms with Crippen LogP contribution >= 0.6 is 11.6 Å². The van der Waals surface area contributed by atoms with Gasteiger partial charge in [0.2, 0.25) is 17.8 Å². The zero-order chi connectivity index (χ0) is 24.0. The number of fused-ring (bicyclic) bond motifs is 1. The zero-order valence-corrected chi connectivity index (χ0v) is 18.9.